The first kappa shape index (κ1) is 16.5. The van der Waals surface area contributed by atoms with Crippen molar-refractivity contribution < 1.29 is 13.9 Å². The smallest absolute Gasteiger partial charge is 0.244 e. The van der Waals surface area contributed by atoms with Gasteiger partial charge in [-0.1, -0.05) is 18.2 Å². The number of halogens is 1. The number of hydrogen-bond donors (Lipinski definition) is 0. The quantitative estimate of drug-likeness (QED) is 0.865. The Morgan fingerprint density at radius 2 is 1.92 bits per heavy atom. The Morgan fingerprint density at radius 1 is 1.17 bits per heavy atom. The number of piperazine rings is 1. The molecule has 0 unspecified atom stereocenters. The second kappa shape index (κ2) is 7.01. The maximum Gasteiger partial charge on any atom is 0.244 e. The average molecular weight is 328 g/mol. The van der Waals surface area contributed by atoms with Crippen molar-refractivity contribution in [3.8, 4) is 5.75 Å². The van der Waals surface area contributed by atoms with Crippen LogP contribution >= 0.6 is 0 Å². The van der Waals surface area contributed by atoms with Crippen molar-refractivity contribution >= 4 is 11.6 Å². The maximum atomic E-state index is 13.4. The molecule has 0 radical (unpaired) electrons. The van der Waals surface area contributed by atoms with Crippen molar-refractivity contribution in [3.05, 3.63) is 59.9 Å². The van der Waals surface area contributed by atoms with E-state index in [1.54, 1.807) is 24.1 Å². The van der Waals surface area contributed by atoms with Gasteiger partial charge in [0.1, 0.15) is 11.6 Å². The van der Waals surface area contributed by atoms with Gasteiger partial charge in [0.2, 0.25) is 5.91 Å². The standard InChI is InChI=1S/C19H21FN2O2/c1-14-19(23)22(17-5-3-4-16(20)12-17)11-10-21(14)13-15-6-8-18(24-2)9-7-15/h3-9,12,14H,10-11,13H2,1-2H3/t14-/m1/s1. The molecule has 24 heavy (non-hydrogen) atoms. The highest BCUT2D eigenvalue weighted by Gasteiger charge is 2.32. The van der Waals surface area contributed by atoms with E-state index in [9.17, 15) is 9.18 Å². The minimum absolute atomic E-state index is 0.000335. The fourth-order valence-electron chi connectivity index (χ4n) is 3.00. The second-order valence-corrected chi connectivity index (χ2v) is 5.96. The summed E-state index contributed by atoms with van der Waals surface area (Å²) in [5.41, 5.74) is 1.76. The van der Waals surface area contributed by atoms with Crippen molar-refractivity contribution in [3.63, 3.8) is 0 Å². The molecule has 1 aliphatic heterocycles. The Morgan fingerprint density at radius 3 is 2.58 bits per heavy atom. The van der Waals surface area contributed by atoms with Gasteiger partial charge >= 0.3 is 0 Å². The van der Waals surface area contributed by atoms with Gasteiger partial charge in [-0.2, -0.15) is 0 Å². The van der Waals surface area contributed by atoms with E-state index in [1.807, 2.05) is 31.2 Å². The monoisotopic (exact) mass is 328 g/mol. The molecular weight excluding hydrogens is 307 g/mol. The molecule has 0 bridgehead atoms. The third-order valence-corrected chi connectivity index (χ3v) is 4.45. The number of methoxy groups -OCH3 is 1. The third-order valence-electron chi connectivity index (χ3n) is 4.45. The van der Waals surface area contributed by atoms with E-state index in [0.29, 0.717) is 18.8 Å². The molecule has 2 aromatic carbocycles. The van der Waals surface area contributed by atoms with Crippen molar-refractivity contribution in [2.45, 2.75) is 19.5 Å². The largest absolute Gasteiger partial charge is 0.497 e. The highest BCUT2D eigenvalue weighted by atomic mass is 19.1. The highest BCUT2D eigenvalue weighted by molar-refractivity contribution is 5.97. The lowest BCUT2D eigenvalue weighted by molar-refractivity contribution is -0.125. The van der Waals surface area contributed by atoms with E-state index in [4.69, 9.17) is 4.74 Å². The number of carbonyl (C=O) groups excluding carboxylic acids is 1. The zero-order valence-corrected chi connectivity index (χ0v) is 13.9. The Balaban J connectivity index is 1.70. The molecule has 0 saturated carbocycles. The van der Waals surface area contributed by atoms with E-state index < -0.39 is 0 Å². The van der Waals surface area contributed by atoms with Crippen LogP contribution in [0.3, 0.4) is 0 Å². The Kier molecular flexibility index (Phi) is 4.81. The Bertz CT molecular complexity index is 718. The van der Waals surface area contributed by atoms with Crippen LogP contribution in [-0.2, 0) is 11.3 Å². The summed E-state index contributed by atoms with van der Waals surface area (Å²) in [6.07, 6.45) is 0. The van der Waals surface area contributed by atoms with Crippen molar-refractivity contribution in [2.75, 3.05) is 25.1 Å². The van der Waals surface area contributed by atoms with Crippen molar-refractivity contribution in [2.24, 2.45) is 0 Å². The summed E-state index contributed by atoms with van der Waals surface area (Å²) >= 11 is 0. The summed E-state index contributed by atoms with van der Waals surface area (Å²) in [5, 5.41) is 0. The third kappa shape index (κ3) is 3.41. The van der Waals surface area contributed by atoms with Crippen LogP contribution in [0, 0.1) is 5.82 Å². The van der Waals surface area contributed by atoms with E-state index in [2.05, 4.69) is 4.90 Å². The molecule has 1 heterocycles. The Hall–Kier alpha value is -2.40. The zero-order chi connectivity index (χ0) is 17.1. The summed E-state index contributed by atoms with van der Waals surface area (Å²) in [6.45, 7) is 3.91. The number of hydrogen-bond acceptors (Lipinski definition) is 3. The van der Waals surface area contributed by atoms with E-state index >= 15 is 0 Å². The molecule has 0 N–H and O–H groups in total. The molecular formula is C19H21FN2O2. The number of nitrogens with zero attached hydrogens (tertiary/aromatic N) is 2. The maximum absolute atomic E-state index is 13.4. The lowest BCUT2D eigenvalue weighted by atomic mass is 10.1. The number of benzene rings is 2. The first-order valence-corrected chi connectivity index (χ1v) is 8.02. The van der Waals surface area contributed by atoms with E-state index in [0.717, 1.165) is 17.9 Å². The second-order valence-electron chi connectivity index (χ2n) is 5.96. The molecule has 1 amide bonds. The van der Waals surface area contributed by atoms with Gasteiger partial charge < -0.3 is 9.64 Å². The van der Waals surface area contributed by atoms with E-state index in [-0.39, 0.29) is 17.8 Å². The molecule has 126 valence electrons. The first-order chi connectivity index (χ1) is 11.6. The van der Waals surface area contributed by atoms with Crippen molar-refractivity contribution in [1.82, 2.24) is 4.90 Å². The lowest BCUT2D eigenvalue weighted by Crippen LogP contribution is -2.55. The van der Waals surface area contributed by atoms with Crippen LogP contribution in [0.1, 0.15) is 12.5 Å². The van der Waals surface area contributed by atoms with Gasteiger partial charge in [0.15, 0.2) is 0 Å². The van der Waals surface area contributed by atoms with Crippen LogP contribution in [0.25, 0.3) is 0 Å². The van der Waals surface area contributed by atoms with Gasteiger partial charge in [0.05, 0.1) is 13.2 Å². The fourth-order valence-corrected chi connectivity index (χ4v) is 3.00. The summed E-state index contributed by atoms with van der Waals surface area (Å²) in [5.74, 6) is 0.493. The number of rotatable bonds is 4. The molecule has 3 rings (SSSR count). The van der Waals surface area contributed by atoms with Crippen LogP contribution < -0.4 is 9.64 Å². The van der Waals surface area contributed by atoms with E-state index in [1.165, 1.54) is 12.1 Å². The van der Waals surface area contributed by atoms with Gasteiger partial charge in [-0.15, -0.1) is 0 Å². The summed E-state index contributed by atoms with van der Waals surface area (Å²) in [4.78, 5) is 16.5. The summed E-state index contributed by atoms with van der Waals surface area (Å²) in [7, 11) is 1.64. The first-order valence-electron chi connectivity index (χ1n) is 8.02. The molecule has 1 saturated heterocycles. The normalized spacial score (nSPS) is 18.7. The molecule has 2 aromatic rings. The summed E-state index contributed by atoms with van der Waals surface area (Å²) < 4.78 is 18.6. The molecule has 4 nitrogen and oxygen atoms in total. The lowest BCUT2D eigenvalue weighted by Gasteiger charge is -2.39. The van der Waals surface area contributed by atoms with Gasteiger partial charge in [-0.3, -0.25) is 9.69 Å². The highest BCUT2D eigenvalue weighted by Crippen LogP contribution is 2.23. The Labute approximate surface area is 141 Å². The molecule has 0 aliphatic carbocycles. The van der Waals surface area contributed by atoms with Crippen LogP contribution in [-0.4, -0.2) is 37.0 Å². The predicted octanol–water partition coefficient (Wildman–Crippen LogP) is 3.07. The van der Waals surface area contributed by atoms with Crippen LogP contribution in [0.5, 0.6) is 5.75 Å². The molecule has 1 fully saturated rings. The average Bonchev–Trinajstić information content (AvgIpc) is 2.60. The van der Waals surface area contributed by atoms with Gasteiger partial charge in [-0.25, -0.2) is 4.39 Å². The molecule has 1 atom stereocenters. The summed E-state index contributed by atoms with van der Waals surface area (Å²) in [6, 6.07) is 13.8. The number of ether oxygens (including phenoxy) is 1. The minimum Gasteiger partial charge on any atom is -0.497 e. The minimum atomic E-state index is -0.325. The topological polar surface area (TPSA) is 32.8 Å². The van der Waals surface area contributed by atoms with Gasteiger partial charge in [-0.05, 0) is 42.8 Å². The molecule has 0 aromatic heterocycles. The van der Waals surface area contributed by atoms with Crippen LogP contribution in [0.2, 0.25) is 0 Å². The molecule has 0 spiro atoms. The predicted molar refractivity (Wildman–Crippen MR) is 91.6 cm³/mol. The molecule has 1 aliphatic rings. The number of amides is 1. The van der Waals surface area contributed by atoms with Gasteiger partial charge in [0, 0.05) is 25.3 Å². The van der Waals surface area contributed by atoms with Gasteiger partial charge in [0.25, 0.3) is 0 Å². The zero-order valence-electron chi connectivity index (χ0n) is 13.9. The van der Waals surface area contributed by atoms with Crippen LogP contribution in [0.4, 0.5) is 10.1 Å². The van der Waals surface area contributed by atoms with Crippen molar-refractivity contribution in [1.29, 1.82) is 0 Å². The SMILES string of the molecule is COc1ccc(CN2CCN(c3cccc(F)c3)C(=O)[C@H]2C)cc1. The molecule has 5 heteroatoms. The number of carbonyl (C=O) groups is 1. The van der Waals surface area contributed by atoms with Crippen LogP contribution in [0.15, 0.2) is 48.5 Å². The fraction of sp³-hybridized carbons (Fsp3) is 0.316. The number of anilines is 1.